The monoisotopic (exact) mass is 169 g/mol. The number of aliphatic hydroxyl groups excluding tert-OH is 1. The number of rotatable bonds is 4. The van der Waals surface area contributed by atoms with Gasteiger partial charge < -0.3 is 5.11 Å². The third-order valence-corrected chi connectivity index (χ3v) is 1.85. The summed E-state index contributed by atoms with van der Waals surface area (Å²) < 4.78 is 0. The van der Waals surface area contributed by atoms with E-state index in [0.717, 1.165) is 19.6 Å². The van der Waals surface area contributed by atoms with Crippen molar-refractivity contribution in [1.29, 1.82) is 0 Å². The number of hydrogen-bond acceptors (Lipinski definition) is 2. The molecule has 0 aromatic carbocycles. The van der Waals surface area contributed by atoms with Crippen LogP contribution in [0, 0.1) is 11.8 Å². The zero-order valence-corrected chi connectivity index (χ0v) is 8.30. The van der Waals surface area contributed by atoms with Gasteiger partial charge in [-0.05, 0) is 19.5 Å². The van der Waals surface area contributed by atoms with E-state index in [0.29, 0.717) is 6.42 Å². The highest BCUT2D eigenvalue weighted by Gasteiger charge is 1.94. The lowest BCUT2D eigenvalue weighted by Crippen LogP contribution is -2.23. The molecule has 0 spiro atoms. The van der Waals surface area contributed by atoms with E-state index in [4.69, 9.17) is 5.11 Å². The molecule has 70 valence electrons. The number of hydrogen-bond donors (Lipinski definition) is 1. The first-order valence-electron chi connectivity index (χ1n) is 4.63. The van der Waals surface area contributed by atoms with E-state index in [1.807, 2.05) is 6.92 Å². The van der Waals surface area contributed by atoms with Crippen LogP contribution >= 0.6 is 0 Å². The summed E-state index contributed by atoms with van der Waals surface area (Å²) in [5.41, 5.74) is 0. The highest BCUT2D eigenvalue weighted by molar-refractivity contribution is 5.05. The Kier molecular flexibility index (Phi) is 6.84. The Labute approximate surface area is 75.6 Å². The molecule has 0 unspecified atom stereocenters. The lowest BCUT2D eigenvalue weighted by molar-refractivity contribution is 0.228. The third-order valence-electron chi connectivity index (χ3n) is 1.85. The zero-order valence-electron chi connectivity index (χ0n) is 8.30. The summed E-state index contributed by atoms with van der Waals surface area (Å²) in [6.45, 7) is 8.96. The van der Waals surface area contributed by atoms with E-state index in [2.05, 4.69) is 30.6 Å². The normalized spacial score (nSPS) is 12.4. The maximum Gasteiger partial charge on any atom is 0.114 e. The Hall–Kier alpha value is -0.520. The summed E-state index contributed by atoms with van der Waals surface area (Å²) in [6, 6.07) is 0. The fourth-order valence-electron chi connectivity index (χ4n) is 0.825. The van der Waals surface area contributed by atoms with Gasteiger partial charge in [-0.1, -0.05) is 32.6 Å². The molecular weight excluding hydrogens is 150 g/mol. The second-order valence-corrected chi connectivity index (χ2v) is 2.71. The Morgan fingerprint density at radius 2 is 1.83 bits per heavy atom. The van der Waals surface area contributed by atoms with Crippen molar-refractivity contribution in [2.45, 2.75) is 33.3 Å². The molecule has 1 atom stereocenters. The Bertz CT molecular complexity index is 153. The molecule has 0 aromatic heterocycles. The van der Waals surface area contributed by atoms with Crippen molar-refractivity contribution < 1.29 is 5.11 Å². The van der Waals surface area contributed by atoms with Crippen LogP contribution in [-0.2, 0) is 0 Å². The molecule has 0 aliphatic heterocycles. The van der Waals surface area contributed by atoms with Gasteiger partial charge in [-0.2, -0.15) is 0 Å². The predicted molar refractivity (Wildman–Crippen MR) is 51.9 cm³/mol. The fourth-order valence-corrected chi connectivity index (χ4v) is 0.825. The maximum absolute atomic E-state index is 9.12. The average molecular weight is 169 g/mol. The first kappa shape index (κ1) is 11.5. The molecule has 1 N–H and O–H groups in total. The Morgan fingerprint density at radius 1 is 1.25 bits per heavy atom. The second-order valence-electron chi connectivity index (χ2n) is 2.71. The summed E-state index contributed by atoms with van der Waals surface area (Å²) in [5, 5.41) is 9.12. The Morgan fingerprint density at radius 3 is 2.25 bits per heavy atom. The first-order chi connectivity index (χ1) is 5.74. The Balaban J connectivity index is 3.67. The maximum atomic E-state index is 9.12. The van der Waals surface area contributed by atoms with E-state index >= 15 is 0 Å². The minimum absolute atomic E-state index is 0.444. The van der Waals surface area contributed by atoms with Gasteiger partial charge in [0.25, 0.3) is 0 Å². The molecule has 0 heterocycles. The summed E-state index contributed by atoms with van der Waals surface area (Å²) in [6.07, 6.45) is 0.270. The van der Waals surface area contributed by atoms with Crippen LogP contribution < -0.4 is 0 Å². The van der Waals surface area contributed by atoms with Crippen molar-refractivity contribution in [1.82, 2.24) is 4.90 Å². The summed E-state index contributed by atoms with van der Waals surface area (Å²) in [7, 11) is 0. The molecule has 0 fully saturated rings. The predicted octanol–water partition coefficient (Wildman–Crippen LogP) is 1.10. The average Bonchev–Trinajstić information content (AvgIpc) is 2.12. The van der Waals surface area contributed by atoms with E-state index in [1.54, 1.807) is 0 Å². The van der Waals surface area contributed by atoms with Gasteiger partial charge in [0.1, 0.15) is 6.10 Å². The minimum Gasteiger partial charge on any atom is -0.380 e. The van der Waals surface area contributed by atoms with Crippen LogP contribution in [0.2, 0.25) is 0 Å². The van der Waals surface area contributed by atoms with Crippen LogP contribution in [0.3, 0.4) is 0 Å². The van der Waals surface area contributed by atoms with Crippen molar-refractivity contribution in [2.24, 2.45) is 0 Å². The van der Waals surface area contributed by atoms with Gasteiger partial charge in [-0.15, -0.1) is 0 Å². The summed E-state index contributed by atoms with van der Waals surface area (Å²) >= 11 is 0. The number of nitrogens with zero attached hydrogens (tertiary/aromatic N) is 1. The first-order valence-corrected chi connectivity index (χ1v) is 4.63. The van der Waals surface area contributed by atoms with Crippen LogP contribution in [0.5, 0.6) is 0 Å². The molecule has 2 heteroatoms. The quantitative estimate of drug-likeness (QED) is 0.637. The van der Waals surface area contributed by atoms with Gasteiger partial charge in [-0.25, -0.2) is 0 Å². The van der Waals surface area contributed by atoms with Gasteiger partial charge in [0.15, 0.2) is 0 Å². The molecule has 0 aliphatic rings. The van der Waals surface area contributed by atoms with Crippen LogP contribution in [-0.4, -0.2) is 35.7 Å². The van der Waals surface area contributed by atoms with E-state index in [9.17, 15) is 0 Å². The van der Waals surface area contributed by atoms with E-state index in [-0.39, 0.29) is 0 Å². The lowest BCUT2D eigenvalue weighted by atomic mass is 10.3. The van der Waals surface area contributed by atoms with Crippen LogP contribution in [0.15, 0.2) is 0 Å². The summed E-state index contributed by atoms with van der Waals surface area (Å²) in [5.74, 6) is 5.76. The fraction of sp³-hybridized carbons (Fsp3) is 0.800. The van der Waals surface area contributed by atoms with Gasteiger partial charge >= 0.3 is 0 Å². The highest BCUT2D eigenvalue weighted by Crippen LogP contribution is 1.87. The lowest BCUT2D eigenvalue weighted by Gasteiger charge is -2.13. The van der Waals surface area contributed by atoms with Crippen LogP contribution in [0.4, 0.5) is 0 Å². The molecule has 0 amide bonds. The molecule has 0 aliphatic carbocycles. The van der Waals surface area contributed by atoms with Crippen molar-refractivity contribution in [3.8, 4) is 11.8 Å². The zero-order chi connectivity index (χ0) is 9.40. The molecule has 0 rings (SSSR count). The van der Waals surface area contributed by atoms with Crippen LogP contribution in [0.1, 0.15) is 27.2 Å². The SMILES string of the molecule is CC[C@H](O)C#CCN(CC)CC. The van der Waals surface area contributed by atoms with Crippen molar-refractivity contribution >= 4 is 0 Å². The smallest absolute Gasteiger partial charge is 0.114 e. The van der Waals surface area contributed by atoms with Gasteiger partial charge in [0.05, 0.1) is 6.54 Å². The molecular formula is C10H19NO. The van der Waals surface area contributed by atoms with Crippen molar-refractivity contribution in [2.75, 3.05) is 19.6 Å². The highest BCUT2D eigenvalue weighted by atomic mass is 16.3. The molecule has 12 heavy (non-hydrogen) atoms. The standard InChI is InChI=1S/C10H19NO/c1-4-10(12)8-7-9-11(5-2)6-3/h10,12H,4-6,9H2,1-3H3/t10-/m0/s1. The second kappa shape index (κ2) is 7.15. The summed E-state index contributed by atoms with van der Waals surface area (Å²) in [4.78, 5) is 2.22. The largest absolute Gasteiger partial charge is 0.380 e. The van der Waals surface area contributed by atoms with Gasteiger partial charge in [-0.3, -0.25) is 4.90 Å². The molecule has 0 bridgehead atoms. The van der Waals surface area contributed by atoms with Crippen molar-refractivity contribution in [3.63, 3.8) is 0 Å². The molecule has 0 saturated heterocycles. The number of aliphatic hydroxyl groups is 1. The van der Waals surface area contributed by atoms with Crippen molar-refractivity contribution in [3.05, 3.63) is 0 Å². The van der Waals surface area contributed by atoms with E-state index < -0.39 is 6.10 Å². The molecule has 0 radical (unpaired) electrons. The molecule has 0 saturated carbocycles. The third kappa shape index (κ3) is 5.17. The topological polar surface area (TPSA) is 23.5 Å². The van der Waals surface area contributed by atoms with E-state index in [1.165, 1.54) is 0 Å². The van der Waals surface area contributed by atoms with Crippen LogP contribution in [0.25, 0.3) is 0 Å². The minimum atomic E-state index is -0.444. The van der Waals surface area contributed by atoms with Gasteiger partial charge in [0.2, 0.25) is 0 Å². The molecule has 2 nitrogen and oxygen atoms in total. The molecule has 0 aromatic rings. The van der Waals surface area contributed by atoms with Gasteiger partial charge in [0, 0.05) is 0 Å².